The summed E-state index contributed by atoms with van der Waals surface area (Å²) in [5, 5.41) is 4.89. The number of sulfonamides is 1. The first kappa shape index (κ1) is 10.9. The quantitative estimate of drug-likeness (QED) is 0.759. The number of nitrogens with zero attached hydrogens (tertiary/aromatic N) is 1. The van der Waals surface area contributed by atoms with E-state index in [0.29, 0.717) is 0 Å². The van der Waals surface area contributed by atoms with Crippen molar-refractivity contribution in [3.8, 4) is 0 Å². The van der Waals surface area contributed by atoms with Gasteiger partial charge in [-0.15, -0.1) is 0 Å². The molecule has 2 N–H and O–H groups in total. The van der Waals surface area contributed by atoms with Crippen LogP contribution >= 0.6 is 0 Å². The Kier molecular flexibility index (Phi) is 2.77. The highest BCUT2D eigenvalue weighted by Crippen LogP contribution is 2.03. The van der Waals surface area contributed by atoms with Gasteiger partial charge < -0.3 is 4.57 Å². The molecule has 0 spiro atoms. The van der Waals surface area contributed by atoms with Gasteiger partial charge in [0, 0.05) is 12.2 Å². The number of primary sulfonamides is 1. The minimum Gasteiger partial charge on any atom is -0.312 e. The molecule has 0 saturated heterocycles. The first-order chi connectivity index (χ1) is 6.34. The molecule has 6 heteroatoms. The van der Waals surface area contributed by atoms with Crippen LogP contribution in [0.15, 0.2) is 28.0 Å². The van der Waals surface area contributed by atoms with E-state index in [1.54, 1.807) is 13.8 Å². The van der Waals surface area contributed by atoms with E-state index in [1.807, 2.05) is 0 Å². The zero-order valence-corrected chi connectivity index (χ0v) is 8.78. The molecule has 0 atom stereocenters. The largest absolute Gasteiger partial charge is 0.312 e. The van der Waals surface area contributed by atoms with Crippen LogP contribution in [0.3, 0.4) is 0 Å². The van der Waals surface area contributed by atoms with Crippen molar-refractivity contribution in [2.45, 2.75) is 24.8 Å². The molecular weight excluding hydrogens is 204 g/mol. The van der Waals surface area contributed by atoms with Gasteiger partial charge in [-0.05, 0) is 26.0 Å². The Morgan fingerprint density at radius 2 is 2.00 bits per heavy atom. The first-order valence-corrected chi connectivity index (χ1v) is 5.62. The van der Waals surface area contributed by atoms with Crippen LogP contribution in [0, 0.1) is 0 Å². The minimum absolute atomic E-state index is 0.0933. The van der Waals surface area contributed by atoms with Gasteiger partial charge in [0.1, 0.15) is 4.90 Å². The molecule has 1 heterocycles. The summed E-state index contributed by atoms with van der Waals surface area (Å²) in [6, 6.07) is 2.60. The van der Waals surface area contributed by atoms with Gasteiger partial charge in [0.05, 0.1) is 0 Å². The lowest BCUT2D eigenvalue weighted by molar-refractivity contribution is 0.560. The molecule has 0 bridgehead atoms. The zero-order valence-electron chi connectivity index (χ0n) is 7.97. The molecule has 0 aliphatic heterocycles. The van der Waals surface area contributed by atoms with Gasteiger partial charge in [-0.25, -0.2) is 13.6 Å². The molecule has 1 aromatic rings. The summed E-state index contributed by atoms with van der Waals surface area (Å²) in [5.41, 5.74) is -0.579. The van der Waals surface area contributed by atoms with Gasteiger partial charge in [-0.1, -0.05) is 0 Å². The molecule has 0 radical (unpaired) electrons. The van der Waals surface area contributed by atoms with E-state index in [9.17, 15) is 13.2 Å². The fraction of sp³-hybridized carbons (Fsp3) is 0.375. The van der Waals surface area contributed by atoms with E-state index in [0.717, 1.165) is 0 Å². The summed E-state index contributed by atoms with van der Waals surface area (Å²) < 4.78 is 23.3. The number of hydrogen-bond donors (Lipinski definition) is 1. The van der Waals surface area contributed by atoms with E-state index in [4.69, 9.17) is 5.14 Å². The van der Waals surface area contributed by atoms with Crippen LogP contribution in [-0.4, -0.2) is 13.0 Å². The summed E-state index contributed by atoms with van der Waals surface area (Å²) in [4.78, 5) is 11.2. The van der Waals surface area contributed by atoms with Gasteiger partial charge >= 0.3 is 0 Å². The number of nitrogens with two attached hydrogens (primary N) is 1. The van der Waals surface area contributed by atoms with Crippen LogP contribution in [0.4, 0.5) is 0 Å². The summed E-state index contributed by atoms with van der Waals surface area (Å²) in [6.07, 6.45) is 1.53. The van der Waals surface area contributed by atoms with E-state index < -0.39 is 15.6 Å². The molecule has 1 aromatic heterocycles. The third-order valence-corrected chi connectivity index (χ3v) is 2.73. The van der Waals surface area contributed by atoms with Crippen LogP contribution in [0.25, 0.3) is 0 Å². The monoisotopic (exact) mass is 216 g/mol. The Morgan fingerprint density at radius 3 is 2.43 bits per heavy atom. The molecule has 0 unspecified atom stereocenters. The molecule has 0 aliphatic carbocycles. The zero-order chi connectivity index (χ0) is 10.9. The lowest BCUT2D eigenvalue weighted by Gasteiger charge is -2.09. The van der Waals surface area contributed by atoms with Crippen molar-refractivity contribution in [3.05, 3.63) is 28.7 Å². The van der Waals surface area contributed by atoms with Crippen LogP contribution < -0.4 is 10.7 Å². The Balaban J connectivity index is 3.52. The molecule has 78 valence electrons. The highest BCUT2D eigenvalue weighted by Gasteiger charge is 2.14. The fourth-order valence-electron chi connectivity index (χ4n) is 1.11. The minimum atomic E-state index is -3.92. The maximum Gasteiger partial charge on any atom is 0.270 e. The Hall–Kier alpha value is -1.14. The van der Waals surface area contributed by atoms with Crippen LogP contribution in [0.2, 0.25) is 0 Å². The maximum atomic E-state index is 11.6. The third-order valence-electron chi connectivity index (χ3n) is 1.80. The second-order valence-corrected chi connectivity index (χ2v) is 4.75. The molecule has 0 aromatic carbocycles. The van der Waals surface area contributed by atoms with Crippen molar-refractivity contribution < 1.29 is 8.42 Å². The van der Waals surface area contributed by atoms with Gasteiger partial charge in [0.15, 0.2) is 0 Å². The lowest BCUT2D eigenvalue weighted by Crippen LogP contribution is -2.29. The highest BCUT2D eigenvalue weighted by atomic mass is 32.2. The number of hydrogen-bond acceptors (Lipinski definition) is 3. The van der Waals surface area contributed by atoms with Crippen molar-refractivity contribution in [1.82, 2.24) is 4.57 Å². The standard InChI is InChI=1S/C8H12N2O3S/c1-6(2)10-5-3-4-7(8(10)11)14(9,12)13/h3-6H,1-2H3,(H2,9,12,13). The average molecular weight is 216 g/mol. The van der Waals surface area contributed by atoms with Crippen LogP contribution in [0.5, 0.6) is 0 Å². The molecule has 0 aliphatic rings. The first-order valence-electron chi connectivity index (χ1n) is 4.08. The fourth-order valence-corrected chi connectivity index (χ4v) is 1.73. The second-order valence-electron chi connectivity index (χ2n) is 3.22. The molecule has 14 heavy (non-hydrogen) atoms. The van der Waals surface area contributed by atoms with E-state index in [-0.39, 0.29) is 10.9 Å². The maximum absolute atomic E-state index is 11.6. The van der Waals surface area contributed by atoms with E-state index in [1.165, 1.54) is 22.9 Å². The lowest BCUT2D eigenvalue weighted by atomic mass is 10.3. The number of aromatic nitrogens is 1. The Morgan fingerprint density at radius 1 is 1.43 bits per heavy atom. The predicted octanol–water partition coefficient (Wildman–Crippen LogP) is 0.0766. The number of rotatable bonds is 2. The molecule has 0 saturated carbocycles. The van der Waals surface area contributed by atoms with Gasteiger partial charge in [-0.3, -0.25) is 4.79 Å². The average Bonchev–Trinajstić information content (AvgIpc) is 2.01. The van der Waals surface area contributed by atoms with Gasteiger partial charge in [0.25, 0.3) is 5.56 Å². The normalized spacial score (nSPS) is 12.0. The van der Waals surface area contributed by atoms with E-state index in [2.05, 4.69) is 0 Å². The Bertz CT molecular complexity index is 488. The number of pyridine rings is 1. The van der Waals surface area contributed by atoms with Crippen molar-refractivity contribution in [3.63, 3.8) is 0 Å². The topological polar surface area (TPSA) is 82.2 Å². The molecule has 1 rings (SSSR count). The summed E-state index contributed by atoms with van der Waals surface area (Å²) >= 11 is 0. The van der Waals surface area contributed by atoms with Crippen molar-refractivity contribution >= 4 is 10.0 Å². The second kappa shape index (κ2) is 3.55. The van der Waals surface area contributed by atoms with Crippen LogP contribution in [-0.2, 0) is 10.0 Å². The van der Waals surface area contributed by atoms with Crippen LogP contribution in [0.1, 0.15) is 19.9 Å². The predicted molar refractivity (Wildman–Crippen MR) is 52.5 cm³/mol. The SMILES string of the molecule is CC(C)n1cccc(S(N)(=O)=O)c1=O. The molecular formula is C8H12N2O3S. The Labute approximate surface area is 82.2 Å². The molecule has 5 nitrogen and oxygen atoms in total. The molecule has 0 amide bonds. The van der Waals surface area contributed by atoms with Gasteiger partial charge in [0.2, 0.25) is 10.0 Å². The summed E-state index contributed by atoms with van der Waals surface area (Å²) in [7, 11) is -3.92. The smallest absolute Gasteiger partial charge is 0.270 e. The molecule has 0 fully saturated rings. The third kappa shape index (κ3) is 2.02. The summed E-state index contributed by atoms with van der Waals surface area (Å²) in [6.45, 7) is 3.57. The van der Waals surface area contributed by atoms with Crippen molar-refractivity contribution in [2.75, 3.05) is 0 Å². The van der Waals surface area contributed by atoms with E-state index >= 15 is 0 Å². The van der Waals surface area contributed by atoms with Gasteiger partial charge in [-0.2, -0.15) is 0 Å². The van der Waals surface area contributed by atoms with Crippen molar-refractivity contribution in [2.24, 2.45) is 5.14 Å². The summed E-state index contributed by atoms with van der Waals surface area (Å²) in [5.74, 6) is 0. The van der Waals surface area contributed by atoms with Crippen molar-refractivity contribution in [1.29, 1.82) is 0 Å². The highest BCUT2D eigenvalue weighted by molar-refractivity contribution is 7.89.